The van der Waals surface area contributed by atoms with E-state index in [1.807, 2.05) is 18.2 Å². The van der Waals surface area contributed by atoms with Gasteiger partial charge in [0.05, 0.1) is 18.2 Å². The first kappa shape index (κ1) is 22.1. The summed E-state index contributed by atoms with van der Waals surface area (Å²) in [5.74, 6) is 0.764. The highest BCUT2D eigenvalue weighted by Crippen LogP contribution is 2.28. The summed E-state index contributed by atoms with van der Waals surface area (Å²) >= 11 is 1.72. The molecule has 2 aromatic carbocycles. The zero-order chi connectivity index (χ0) is 22.6. The Labute approximate surface area is 199 Å². The molecule has 1 saturated heterocycles. The monoisotopic (exact) mass is 462 g/mol. The molecule has 0 saturated carbocycles. The Morgan fingerprint density at radius 1 is 1.12 bits per heavy atom. The molecule has 33 heavy (non-hydrogen) atoms. The van der Waals surface area contributed by atoms with Crippen molar-refractivity contribution in [2.45, 2.75) is 32.5 Å². The molecular weight excluding hydrogens is 432 g/mol. The van der Waals surface area contributed by atoms with Crippen molar-refractivity contribution >= 4 is 17.2 Å². The van der Waals surface area contributed by atoms with Crippen molar-refractivity contribution in [1.29, 1.82) is 0 Å². The minimum Gasteiger partial charge on any atom is -0.492 e. The molecule has 6 nitrogen and oxygen atoms in total. The second-order valence-electron chi connectivity index (χ2n) is 8.97. The largest absolute Gasteiger partial charge is 0.492 e. The zero-order valence-corrected chi connectivity index (χ0v) is 19.6. The first-order valence-corrected chi connectivity index (χ1v) is 12.5. The van der Waals surface area contributed by atoms with E-state index in [0.717, 1.165) is 74.1 Å². The van der Waals surface area contributed by atoms with Crippen molar-refractivity contribution < 1.29 is 9.53 Å². The van der Waals surface area contributed by atoms with Gasteiger partial charge in [-0.15, -0.1) is 11.3 Å². The van der Waals surface area contributed by atoms with Gasteiger partial charge in [-0.05, 0) is 37.1 Å². The van der Waals surface area contributed by atoms with Crippen LogP contribution in [0, 0.1) is 5.92 Å². The number of nitrogens with two attached hydrogens (primary N) is 1. The molecule has 1 aromatic heterocycles. The second kappa shape index (κ2) is 10.0. The number of nitrogens with zero attached hydrogens (tertiary/aromatic N) is 3. The van der Waals surface area contributed by atoms with Crippen LogP contribution in [0.5, 0.6) is 5.75 Å². The lowest BCUT2D eigenvalue weighted by Crippen LogP contribution is -2.40. The predicted octanol–water partition coefficient (Wildman–Crippen LogP) is 3.90. The lowest BCUT2D eigenvalue weighted by molar-refractivity contribution is -0.123. The van der Waals surface area contributed by atoms with E-state index in [1.54, 1.807) is 11.3 Å². The number of carbonyl (C=O) groups excluding carboxylic acids is 1. The number of aromatic nitrogens is 1. The Morgan fingerprint density at radius 2 is 2.00 bits per heavy atom. The molecule has 3 aromatic rings. The van der Waals surface area contributed by atoms with E-state index in [1.165, 1.54) is 11.1 Å². The molecule has 0 bridgehead atoms. The standard InChI is InChI=1S/C26H30N4O2S/c27-26(31)21-7-4-10-29(15-21)14-19-8-9-24-22(13-19)16-30(11-12-32-24)17-25-28-23(18-33-25)20-5-2-1-3-6-20/h1-3,5-6,8-9,13,18,21H,4,7,10-12,14-17H2,(H2,27,31). The highest BCUT2D eigenvalue weighted by Gasteiger charge is 2.24. The fraction of sp³-hybridized carbons (Fsp3) is 0.385. The van der Waals surface area contributed by atoms with E-state index < -0.39 is 0 Å². The van der Waals surface area contributed by atoms with Crippen LogP contribution in [0.2, 0.25) is 0 Å². The van der Waals surface area contributed by atoms with E-state index in [4.69, 9.17) is 15.5 Å². The third-order valence-corrected chi connectivity index (χ3v) is 7.31. The zero-order valence-electron chi connectivity index (χ0n) is 18.8. The molecule has 2 N–H and O–H groups in total. The molecule has 7 heteroatoms. The van der Waals surface area contributed by atoms with Crippen molar-refractivity contribution in [1.82, 2.24) is 14.8 Å². The number of piperidine rings is 1. The fourth-order valence-electron chi connectivity index (χ4n) is 4.74. The van der Waals surface area contributed by atoms with Gasteiger partial charge in [-0.3, -0.25) is 14.6 Å². The summed E-state index contributed by atoms with van der Waals surface area (Å²) in [5.41, 5.74) is 10.2. The Hall–Kier alpha value is -2.74. The van der Waals surface area contributed by atoms with Crippen molar-refractivity contribution in [2.75, 3.05) is 26.2 Å². The summed E-state index contributed by atoms with van der Waals surface area (Å²) in [6.45, 7) is 5.81. The van der Waals surface area contributed by atoms with Crippen LogP contribution in [0.3, 0.4) is 0 Å². The van der Waals surface area contributed by atoms with Crippen molar-refractivity contribution in [3.05, 3.63) is 70.0 Å². The van der Waals surface area contributed by atoms with E-state index in [-0.39, 0.29) is 11.8 Å². The molecule has 2 aliphatic heterocycles. The highest BCUT2D eigenvalue weighted by molar-refractivity contribution is 7.09. The molecule has 0 aliphatic carbocycles. The number of carbonyl (C=O) groups is 1. The minimum atomic E-state index is -0.178. The summed E-state index contributed by atoms with van der Waals surface area (Å²) in [7, 11) is 0. The molecule has 2 aliphatic rings. The summed E-state index contributed by atoms with van der Waals surface area (Å²) in [5, 5.41) is 3.27. The molecule has 1 atom stereocenters. The van der Waals surface area contributed by atoms with Crippen LogP contribution in [0.1, 0.15) is 29.0 Å². The maximum absolute atomic E-state index is 11.6. The quantitative estimate of drug-likeness (QED) is 0.602. The van der Waals surface area contributed by atoms with Crippen LogP contribution in [-0.4, -0.2) is 46.9 Å². The molecule has 5 rings (SSSR count). The molecule has 0 spiro atoms. The number of hydrogen-bond donors (Lipinski definition) is 1. The number of amides is 1. The molecule has 3 heterocycles. The Bertz CT molecular complexity index is 1100. The van der Waals surface area contributed by atoms with Gasteiger partial charge in [-0.2, -0.15) is 0 Å². The van der Waals surface area contributed by atoms with Crippen LogP contribution in [0.15, 0.2) is 53.9 Å². The highest BCUT2D eigenvalue weighted by atomic mass is 32.1. The van der Waals surface area contributed by atoms with Crippen molar-refractivity contribution in [3.63, 3.8) is 0 Å². The molecule has 1 fully saturated rings. The van der Waals surface area contributed by atoms with Crippen molar-refractivity contribution in [2.24, 2.45) is 11.7 Å². The molecule has 172 valence electrons. The van der Waals surface area contributed by atoms with Crippen LogP contribution in [0.4, 0.5) is 0 Å². The number of fused-ring (bicyclic) bond motifs is 1. The van der Waals surface area contributed by atoms with Gasteiger partial charge in [0.1, 0.15) is 17.4 Å². The van der Waals surface area contributed by atoms with E-state index >= 15 is 0 Å². The van der Waals surface area contributed by atoms with Crippen LogP contribution in [-0.2, 0) is 24.4 Å². The SMILES string of the molecule is NC(=O)C1CCCN(Cc2ccc3c(c2)CN(Cc2nc(-c4ccccc4)cs2)CCO3)C1. The fourth-order valence-corrected chi connectivity index (χ4v) is 5.59. The van der Waals surface area contributed by atoms with Crippen LogP contribution >= 0.6 is 11.3 Å². The predicted molar refractivity (Wildman–Crippen MR) is 131 cm³/mol. The molecule has 1 unspecified atom stereocenters. The summed E-state index contributed by atoms with van der Waals surface area (Å²) < 4.78 is 6.05. The summed E-state index contributed by atoms with van der Waals surface area (Å²) in [6.07, 6.45) is 1.93. The number of thiazole rings is 1. The van der Waals surface area contributed by atoms with Gasteiger partial charge in [0.15, 0.2) is 0 Å². The Kier molecular flexibility index (Phi) is 6.71. The smallest absolute Gasteiger partial charge is 0.221 e. The van der Waals surface area contributed by atoms with Gasteiger partial charge in [-0.1, -0.05) is 36.4 Å². The third-order valence-electron chi connectivity index (χ3n) is 6.48. The number of rotatable bonds is 6. The number of likely N-dealkylation sites (tertiary alicyclic amines) is 1. The van der Waals surface area contributed by atoms with Gasteiger partial charge in [-0.25, -0.2) is 4.98 Å². The van der Waals surface area contributed by atoms with E-state index in [0.29, 0.717) is 6.61 Å². The minimum absolute atomic E-state index is 0.0301. The van der Waals surface area contributed by atoms with Crippen LogP contribution in [0.25, 0.3) is 11.3 Å². The number of primary amides is 1. The van der Waals surface area contributed by atoms with Gasteiger partial charge in [0, 0.05) is 42.7 Å². The van der Waals surface area contributed by atoms with Gasteiger partial charge in [0.25, 0.3) is 0 Å². The van der Waals surface area contributed by atoms with Gasteiger partial charge >= 0.3 is 0 Å². The average molecular weight is 463 g/mol. The first-order chi connectivity index (χ1) is 16.1. The maximum Gasteiger partial charge on any atom is 0.221 e. The number of benzene rings is 2. The summed E-state index contributed by atoms with van der Waals surface area (Å²) in [6, 6.07) is 16.8. The lowest BCUT2D eigenvalue weighted by Gasteiger charge is -2.31. The molecule has 0 radical (unpaired) electrons. The number of hydrogen-bond acceptors (Lipinski definition) is 6. The average Bonchev–Trinajstić information content (AvgIpc) is 3.20. The lowest BCUT2D eigenvalue weighted by atomic mass is 9.97. The van der Waals surface area contributed by atoms with Crippen molar-refractivity contribution in [3.8, 4) is 17.0 Å². The topological polar surface area (TPSA) is 71.7 Å². The Balaban J connectivity index is 1.25. The maximum atomic E-state index is 11.6. The summed E-state index contributed by atoms with van der Waals surface area (Å²) in [4.78, 5) is 21.2. The van der Waals surface area contributed by atoms with Gasteiger partial charge in [0.2, 0.25) is 5.91 Å². The first-order valence-electron chi connectivity index (χ1n) is 11.6. The van der Waals surface area contributed by atoms with E-state index in [2.05, 4.69) is 45.5 Å². The molecule has 1 amide bonds. The Morgan fingerprint density at radius 3 is 2.85 bits per heavy atom. The number of ether oxygens (including phenoxy) is 1. The van der Waals surface area contributed by atoms with Gasteiger partial charge < -0.3 is 10.5 Å². The molecular formula is C26H30N4O2S. The van der Waals surface area contributed by atoms with E-state index in [9.17, 15) is 4.79 Å². The normalized spacial score (nSPS) is 19.5. The van der Waals surface area contributed by atoms with Crippen LogP contribution < -0.4 is 10.5 Å². The third kappa shape index (κ3) is 5.43. The second-order valence-corrected chi connectivity index (χ2v) is 9.91.